The molecule has 8 rings (SSSR count). The number of benzene rings is 3. The van der Waals surface area contributed by atoms with Gasteiger partial charge in [0.05, 0.1) is 5.56 Å². The summed E-state index contributed by atoms with van der Waals surface area (Å²) in [5.74, 6) is 5.27. The summed E-state index contributed by atoms with van der Waals surface area (Å²) in [6.07, 6.45) is 11.6. The van der Waals surface area contributed by atoms with Crippen molar-refractivity contribution in [2.75, 3.05) is 0 Å². The average molecular weight is 661 g/mol. The molecule has 0 aromatic heterocycles. The Morgan fingerprint density at radius 1 is 0.674 bits per heavy atom. The molecule has 0 nitrogen and oxygen atoms in total. The Hall–Kier alpha value is -1.69. The molecule has 0 saturated heterocycles. The van der Waals surface area contributed by atoms with Gasteiger partial charge < -0.3 is 0 Å². The van der Waals surface area contributed by atoms with Crippen molar-refractivity contribution in [2.24, 2.45) is 29.6 Å². The van der Waals surface area contributed by atoms with Crippen LogP contribution in [0, 0.1) is 36.5 Å². The highest BCUT2D eigenvalue weighted by Crippen LogP contribution is 2.71. The lowest BCUT2D eigenvalue weighted by Crippen LogP contribution is -2.34. The Morgan fingerprint density at radius 2 is 1.26 bits per heavy atom. The topological polar surface area (TPSA) is 0 Å². The van der Waals surface area contributed by atoms with Gasteiger partial charge in [-0.15, -0.1) is 0 Å². The molecule has 10 atom stereocenters. The van der Waals surface area contributed by atoms with Gasteiger partial charge in [-0.05, 0) is 152 Å². The number of hydrogen-bond acceptors (Lipinski definition) is 0. The Morgan fingerprint density at radius 3 is 1.80 bits per heavy atom. The molecule has 0 radical (unpaired) electrons. The quantitative estimate of drug-likeness (QED) is 0.211. The maximum Gasteiger partial charge on any atom is 0.416 e. The summed E-state index contributed by atoms with van der Waals surface area (Å²) in [5, 5.41) is 3.59. The maximum atomic E-state index is 13.6. The molecule has 0 heterocycles. The van der Waals surface area contributed by atoms with Crippen molar-refractivity contribution in [2.45, 2.75) is 114 Å². The summed E-state index contributed by atoms with van der Waals surface area (Å²) in [6, 6.07) is 23.9. The van der Waals surface area contributed by atoms with Gasteiger partial charge in [0.2, 0.25) is 0 Å². The smallest absolute Gasteiger partial charge is 0.166 e. The van der Waals surface area contributed by atoms with Crippen LogP contribution in [0.4, 0.5) is 13.2 Å². The van der Waals surface area contributed by atoms with Crippen molar-refractivity contribution >= 4 is 31.8 Å². The minimum absolute atomic E-state index is 0.0140. The molecule has 5 fully saturated rings. The summed E-state index contributed by atoms with van der Waals surface area (Å²) in [7, 11) is -0.999. The molecular weight excluding hydrogens is 611 g/mol. The van der Waals surface area contributed by atoms with Gasteiger partial charge in [0.25, 0.3) is 0 Å². The van der Waals surface area contributed by atoms with Crippen LogP contribution < -0.4 is 15.9 Å². The van der Waals surface area contributed by atoms with Gasteiger partial charge in [0, 0.05) is 0 Å². The standard InChI is InChI=1S/C41H49F3P2/c1-26-10-18-33(19-11-26)46(34-20-16-32(17-21-34)41(42,43)44)38-9-4-3-6-37(38)36-8-5-7-35(36)27(2)45(39-24-28-12-14-30(39)22-28)40-25-29-13-15-31(40)23-29/h3-4,6,9-11,16-21,27-31,35-36,39-40H,5,7-8,12-15,22-25H2,1-2H3/t27-,28?,29?,30?,31?,35?,36?,39?,40?,45?,46?/m1/s1. The van der Waals surface area contributed by atoms with Crippen LogP contribution in [0.5, 0.6) is 0 Å². The number of alkyl halides is 3. The number of fused-ring (bicyclic) bond motifs is 4. The van der Waals surface area contributed by atoms with Crippen molar-refractivity contribution < 1.29 is 13.2 Å². The fraction of sp³-hybridized carbons (Fsp3) is 0.561. The first kappa shape index (κ1) is 31.6. The molecule has 5 heteroatoms. The molecule has 0 spiro atoms. The van der Waals surface area contributed by atoms with Gasteiger partial charge in [0.15, 0.2) is 0 Å². The minimum atomic E-state index is -4.33. The van der Waals surface area contributed by atoms with Crippen LogP contribution in [0.15, 0.2) is 72.8 Å². The normalized spacial score (nSPS) is 33.8. The third-order valence-corrected chi connectivity index (χ3v) is 19.8. The zero-order valence-corrected chi connectivity index (χ0v) is 29.2. The molecule has 0 aliphatic heterocycles. The van der Waals surface area contributed by atoms with Crippen molar-refractivity contribution in [3.8, 4) is 0 Å². The molecule has 5 aliphatic carbocycles. The van der Waals surface area contributed by atoms with Crippen LogP contribution in [0.1, 0.15) is 100 Å². The fourth-order valence-corrected chi connectivity index (χ4v) is 18.7. The number of halogens is 3. The van der Waals surface area contributed by atoms with Crippen LogP contribution in [0.25, 0.3) is 0 Å². The van der Waals surface area contributed by atoms with Crippen molar-refractivity contribution in [3.63, 3.8) is 0 Å². The second kappa shape index (κ2) is 12.6. The molecule has 5 aliphatic rings. The van der Waals surface area contributed by atoms with E-state index in [2.05, 4.69) is 62.4 Å². The highest BCUT2D eigenvalue weighted by molar-refractivity contribution is 7.79. The van der Waals surface area contributed by atoms with Crippen LogP contribution in [0.2, 0.25) is 0 Å². The van der Waals surface area contributed by atoms with Gasteiger partial charge in [-0.2, -0.15) is 13.2 Å². The van der Waals surface area contributed by atoms with E-state index in [9.17, 15) is 13.2 Å². The largest absolute Gasteiger partial charge is 0.416 e. The van der Waals surface area contributed by atoms with Gasteiger partial charge in [0.1, 0.15) is 0 Å². The first-order chi connectivity index (χ1) is 22.2. The van der Waals surface area contributed by atoms with E-state index < -0.39 is 19.7 Å². The fourth-order valence-electron chi connectivity index (χ4n) is 11.1. The lowest BCUT2D eigenvalue weighted by Gasteiger charge is -2.45. The summed E-state index contributed by atoms with van der Waals surface area (Å²) >= 11 is 0. The average Bonchev–Trinajstić information content (AvgIpc) is 3.90. The molecule has 9 unspecified atom stereocenters. The van der Waals surface area contributed by atoms with Gasteiger partial charge in [-0.3, -0.25) is 0 Å². The van der Waals surface area contributed by atoms with Crippen molar-refractivity contribution in [1.29, 1.82) is 0 Å². The lowest BCUT2D eigenvalue weighted by molar-refractivity contribution is -0.137. The zero-order valence-electron chi connectivity index (χ0n) is 27.4. The summed E-state index contributed by atoms with van der Waals surface area (Å²) in [5.41, 5.74) is 4.92. The number of aryl methyl sites for hydroxylation is 1. The molecule has 5 saturated carbocycles. The van der Waals surface area contributed by atoms with E-state index in [0.29, 0.717) is 11.8 Å². The van der Waals surface area contributed by atoms with Crippen molar-refractivity contribution in [1.82, 2.24) is 0 Å². The Bertz CT molecular complexity index is 1490. The predicted molar refractivity (Wildman–Crippen MR) is 190 cm³/mol. The van der Waals surface area contributed by atoms with E-state index in [4.69, 9.17) is 0 Å². The third-order valence-electron chi connectivity index (χ3n) is 13.1. The second-order valence-corrected chi connectivity index (χ2v) is 20.9. The van der Waals surface area contributed by atoms with E-state index in [1.165, 1.54) is 104 Å². The lowest BCUT2D eigenvalue weighted by atomic mass is 9.87. The van der Waals surface area contributed by atoms with Crippen LogP contribution in [0.3, 0.4) is 0 Å². The van der Waals surface area contributed by atoms with Gasteiger partial charge >= 0.3 is 6.18 Å². The van der Waals surface area contributed by atoms with Crippen LogP contribution in [-0.4, -0.2) is 17.0 Å². The van der Waals surface area contributed by atoms with E-state index in [-0.39, 0.29) is 7.92 Å². The third kappa shape index (κ3) is 5.83. The van der Waals surface area contributed by atoms with Crippen LogP contribution >= 0.6 is 15.8 Å². The van der Waals surface area contributed by atoms with E-state index >= 15 is 0 Å². The van der Waals surface area contributed by atoms with E-state index in [0.717, 1.165) is 46.0 Å². The Kier molecular flexibility index (Phi) is 8.68. The zero-order chi connectivity index (χ0) is 31.6. The monoisotopic (exact) mass is 660 g/mol. The Labute approximate surface area is 276 Å². The molecule has 46 heavy (non-hydrogen) atoms. The molecule has 3 aromatic rings. The number of rotatable bonds is 8. The maximum absolute atomic E-state index is 13.6. The van der Waals surface area contributed by atoms with E-state index in [1.807, 2.05) is 0 Å². The Balaban J connectivity index is 1.16. The summed E-state index contributed by atoms with van der Waals surface area (Å²) in [4.78, 5) is 0. The predicted octanol–water partition coefficient (Wildman–Crippen LogP) is 10.9. The van der Waals surface area contributed by atoms with Crippen molar-refractivity contribution in [3.05, 3.63) is 89.5 Å². The summed E-state index contributed by atoms with van der Waals surface area (Å²) < 4.78 is 40.8. The first-order valence-electron chi connectivity index (χ1n) is 18.1. The highest BCUT2D eigenvalue weighted by atomic mass is 31.1. The second-order valence-electron chi connectivity index (χ2n) is 15.6. The van der Waals surface area contributed by atoms with Gasteiger partial charge in [-0.1, -0.05) is 100 Å². The minimum Gasteiger partial charge on any atom is -0.166 e. The molecule has 4 bridgehead atoms. The number of hydrogen-bond donors (Lipinski definition) is 0. The molecule has 0 amide bonds. The SMILES string of the molecule is Cc1ccc(P(c2ccc(C(F)(F)F)cc2)c2ccccc2C2CCCC2[C@@H](C)P(C2CC3CCC2C3)C2CC3CCC2C3)cc1. The molecule has 3 aromatic carbocycles. The molecular formula is C41H49F3P2. The highest BCUT2D eigenvalue weighted by Gasteiger charge is 2.53. The van der Waals surface area contributed by atoms with E-state index in [1.54, 1.807) is 12.1 Å². The molecule has 244 valence electrons. The van der Waals surface area contributed by atoms with Gasteiger partial charge in [-0.25, -0.2) is 0 Å². The molecule has 0 N–H and O–H groups in total. The van der Waals surface area contributed by atoms with Crippen LogP contribution in [-0.2, 0) is 6.18 Å². The summed E-state index contributed by atoms with van der Waals surface area (Å²) in [6.45, 7) is 4.81. The first-order valence-corrected chi connectivity index (χ1v) is 21.0.